The number of ether oxygens (including phenoxy) is 1. The lowest BCUT2D eigenvalue weighted by molar-refractivity contribution is -0.274. The minimum absolute atomic E-state index is 0. The maximum absolute atomic E-state index is 12.6. The van der Waals surface area contributed by atoms with Crippen LogP contribution in [0.3, 0.4) is 0 Å². The Morgan fingerprint density at radius 2 is 1.92 bits per heavy atom. The van der Waals surface area contributed by atoms with Gasteiger partial charge in [-0.3, -0.25) is 9.69 Å². The Morgan fingerprint density at radius 3 is 2.60 bits per heavy atom. The van der Waals surface area contributed by atoms with Crippen molar-refractivity contribution in [1.82, 2.24) is 15.1 Å². The van der Waals surface area contributed by atoms with E-state index in [1.165, 1.54) is 18.2 Å². The number of nitrogens with zero attached hydrogens (tertiary/aromatic N) is 2. The summed E-state index contributed by atoms with van der Waals surface area (Å²) in [7, 11) is 0. The van der Waals surface area contributed by atoms with Gasteiger partial charge in [-0.15, -0.1) is 25.6 Å². The van der Waals surface area contributed by atoms with Crippen LogP contribution in [0.25, 0.3) is 0 Å². The number of halogens is 4. The fourth-order valence-corrected chi connectivity index (χ4v) is 3.28. The third-order valence-electron chi connectivity index (χ3n) is 4.43. The smallest absolute Gasteiger partial charge is 0.406 e. The summed E-state index contributed by atoms with van der Waals surface area (Å²) in [6.45, 7) is 5.05. The lowest BCUT2D eigenvalue weighted by Crippen LogP contribution is -2.49. The Kier molecular flexibility index (Phi) is 6.53. The average molecular weight is 380 g/mol. The van der Waals surface area contributed by atoms with Crippen molar-refractivity contribution in [2.75, 3.05) is 39.3 Å². The molecule has 1 unspecified atom stereocenters. The molecule has 0 bridgehead atoms. The standard InChI is InChI=1S/C16H20F3N3O2.ClH/c17-16(18,19)24-14-3-1-2-12(10-14)15(23)22-7-4-13(11-22)21-8-5-20-6-9-21;/h1-3,10,13,20H,4-9,11H2;1H. The molecule has 1 amide bonds. The molecule has 0 aliphatic carbocycles. The highest BCUT2D eigenvalue weighted by molar-refractivity contribution is 5.94. The minimum Gasteiger partial charge on any atom is -0.406 e. The lowest BCUT2D eigenvalue weighted by atomic mass is 10.2. The Morgan fingerprint density at radius 1 is 1.20 bits per heavy atom. The van der Waals surface area contributed by atoms with Gasteiger partial charge in [0.2, 0.25) is 0 Å². The first-order valence-electron chi connectivity index (χ1n) is 8.02. The van der Waals surface area contributed by atoms with Gasteiger partial charge in [-0.05, 0) is 24.6 Å². The van der Waals surface area contributed by atoms with Crippen molar-refractivity contribution in [3.05, 3.63) is 29.8 Å². The van der Waals surface area contributed by atoms with E-state index < -0.39 is 6.36 Å². The maximum Gasteiger partial charge on any atom is 0.573 e. The summed E-state index contributed by atoms with van der Waals surface area (Å²) >= 11 is 0. The maximum atomic E-state index is 12.6. The number of benzene rings is 1. The van der Waals surface area contributed by atoms with Gasteiger partial charge in [-0.1, -0.05) is 6.07 Å². The molecule has 1 aromatic rings. The summed E-state index contributed by atoms with van der Waals surface area (Å²) in [5, 5.41) is 3.29. The van der Waals surface area contributed by atoms with Crippen LogP contribution in [0.4, 0.5) is 13.2 Å². The number of amides is 1. The molecule has 1 atom stereocenters. The molecule has 0 aromatic heterocycles. The van der Waals surface area contributed by atoms with Crippen molar-refractivity contribution in [2.24, 2.45) is 0 Å². The predicted molar refractivity (Wildman–Crippen MR) is 89.1 cm³/mol. The molecular weight excluding hydrogens is 359 g/mol. The zero-order valence-corrected chi connectivity index (χ0v) is 14.4. The molecular formula is C16H21ClF3N3O2. The number of nitrogens with one attached hydrogen (secondary N) is 1. The Bertz CT molecular complexity index is 594. The molecule has 140 valence electrons. The van der Waals surface area contributed by atoms with E-state index in [4.69, 9.17) is 0 Å². The highest BCUT2D eigenvalue weighted by atomic mass is 35.5. The first kappa shape index (κ1) is 19.8. The average Bonchev–Trinajstić information content (AvgIpc) is 3.03. The van der Waals surface area contributed by atoms with Crippen molar-refractivity contribution in [2.45, 2.75) is 18.8 Å². The molecule has 9 heteroatoms. The third kappa shape index (κ3) is 5.23. The zero-order chi connectivity index (χ0) is 17.2. The Labute approximate surface area is 150 Å². The molecule has 0 saturated carbocycles. The molecule has 1 aromatic carbocycles. The molecule has 2 aliphatic heterocycles. The minimum atomic E-state index is -4.76. The SMILES string of the molecule is Cl.O=C(c1cccc(OC(F)(F)F)c1)N1CCC(N2CCNCC2)C1. The van der Waals surface area contributed by atoms with Crippen molar-refractivity contribution < 1.29 is 22.7 Å². The summed E-state index contributed by atoms with van der Waals surface area (Å²) in [4.78, 5) is 16.6. The van der Waals surface area contributed by atoms with E-state index in [9.17, 15) is 18.0 Å². The summed E-state index contributed by atoms with van der Waals surface area (Å²) in [6.07, 6.45) is -3.87. The number of alkyl halides is 3. The molecule has 3 rings (SSSR count). The van der Waals surface area contributed by atoms with Crippen molar-refractivity contribution in [3.8, 4) is 5.75 Å². The fraction of sp³-hybridized carbons (Fsp3) is 0.562. The van der Waals surface area contributed by atoms with Gasteiger partial charge in [0.15, 0.2) is 0 Å². The first-order valence-corrected chi connectivity index (χ1v) is 8.02. The van der Waals surface area contributed by atoms with Crippen LogP contribution in [0.1, 0.15) is 16.8 Å². The molecule has 1 N–H and O–H groups in total. The monoisotopic (exact) mass is 379 g/mol. The number of piperazine rings is 1. The highest BCUT2D eigenvalue weighted by Crippen LogP contribution is 2.25. The number of likely N-dealkylation sites (tertiary alicyclic amines) is 1. The van der Waals surface area contributed by atoms with Gasteiger partial charge >= 0.3 is 6.36 Å². The molecule has 25 heavy (non-hydrogen) atoms. The third-order valence-corrected chi connectivity index (χ3v) is 4.43. The highest BCUT2D eigenvalue weighted by Gasteiger charge is 2.33. The number of rotatable bonds is 3. The summed E-state index contributed by atoms with van der Waals surface area (Å²) in [5.74, 6) is -0.619. The number of carbonyl (C=O) groups is 1. The number of carbonyl (C=O) groups excluding carboxylic acids is 1. The van der Waals surface area contributed by atoms with E-state index in [1.54, 1.807) is 4.90 Å². The first-order chi connectivity index (χ1) is 11.4. The van der Waals surface area contributed by atoms with E-state index in [-0.39, 0.29) is 29.6 Å². The van der Waals surface area contributed by atoms with Crippen LogP contribution in [0.15, 0.2) is 24.3 Å². The summed E-state index contributed by atoms with van der Waals surface area (Å²) < 4.78 is 40.8. The number of hydrogen-bond donors (Lipinski definition) is 1. The second-order valence-electron chi connectivity index (χ2n) is 6.06. The van der Waals surface area contributed by atoms with Crippen LogP contribution in [-0.2, 0) is 0 Å². The quantitative estimate of drug-likeness (QED) is 0.874. The lowest BCUT2D eigenvalue weighted by Gasteiger charge is -2.32. The number of hydrogen-bond acceptors (Lipinski definition) is 4. The van der Waals surface area contributed by atoms with E-state index in [1.807, 2.05) is 0 Å². The van der Waals surface area contributed by atoms with E-state index >= 15 is 0 Å². The van der Waals surface area contributed by atoms with Crippen LogP contribution in [-0.4, -0.2) is 67.4 Å². The van der Waals surface area contributed by atoms with Gasteiger partial charge in [0.05, 0.1) is 0 Å². The van der Waals surface area contributed by atoms with Crippen molar-refractivity contribution in [1.29, 1.82) is 0 Å². The van der Waals surface area contributed by atoms with Crippen molar-refractivity contribution >= 4 is 18.3 Å². The molecule has 2 fully saturated rings. The fourth-order valence-electron chi connectivity index (χ4n) is 3.28. The van der Waals surface area contributed by atoms with Crippen LogP contribution < -0.4 is 10.1 Å². The van der Waals surface area contributed by atoms with Gasteiger partial charge < -0.3 is 15.0 Å². The molecule has 0 spiro atoms. The normalized spacial score (nSPS) is 21.7. The Balaban J connectivity index is 0.00000225. The van der Waals surface area contributed by atoms with Gasteiger partial charge in [0.1, 0.15) is 5.75 Å². The van der Waals surface area contributed by atoms with Gasteiger partial charge in [0, 0.05) is 50.9 Å². The Hall–Kier alpha value is -1.51. The summed E-state index contributed by atoms with van der Waals surface area (Å²) in [6, 6.07) is 5.58. The zero-order valence-electron chi connectivity index (χ0n) is 13.6. The van der Waals surface area contributed by atoms with Gasteiger partial charge in [-0.2, -0.15) is 0 Å². The second-order valence-corrected chi connectivity index (χ2v) is 6.06. The molecule has 2 aliphatic rings. The topological polar surface area (TPSA) is 44.8 Å². The van der Waals surface area contributed by atoms with Gasteiger partial charge in [-0.25, -0.2) is 0 Å². The van der Waals surface area contributed by atoms with Crippen LogP contribution >= 0.6 is 12.4 Å². The van der Waals surface area contributed by atoms with E-state index in [0.29, 0.717) is 19.1 Å². The molecule has 5 nitrogen and oxygen atoms in total. The van der Waals surface area contributed by atoms with Crippen LogP contribution in [0.2, 0.25) is 0 Å². The molecule has 0 radical (unpaired) electrons. The van der Waals surface area contributed by atoms with Crippen LogP contribution in [0.5, 0.6) is 5.75 Å². The predicted octanol–water partition coefficient (Wildman–Crippen LogP) is 2.13. The van der Waals surface area contributed by atoms with E-state index in [2.05, 4.69) is 15.0 Å². The molecule has 2 heterocycles. The van der Waals surface area contributed by atoms with Gasteiger partial charge in [0.25, 0.3) is 5.91 Å². The molecule has 2 saturated heterocycles. The van der Waals surface area contributed by atoms with Crippen LogP contribution in [0, 0.1) is 0 Å². The van der Waals surface area contributed by atoms with E-state index in [0.717, 1.165) is 38.7 Å². The second kappa shape index (κ2) is 8.25. The van der Waals surface area contributed by atoms with Crippen molar-refractivity contribution in [3.63, 3.8) is 0 Å². The largest absolute Gasteiger partial charge is 0.573 e. The summed E-state index contributed by atoms with van der Waals surface area (Å²) in [5.41, 5.74) is 0.220.